The van der Waals surface area contributed by atoms with Crippen molar-refractivity contribution in [1.29, 1.82) is 0 Å². The van der Waals surface area contributed by atoms with Gasteiger partial charge in [-0.3, -0.25) is 14.6 Å². The molecule has 0 saturated heterocycles. The van der Waals surface area contributed by atoms with Gasteiger partial charge >= 0.3 is 5.97 Å². The van der Waals surface area contributed by atoms with Crippen molar-refractivity contribution < 1.29 is 29.7 Å². The molecule has 0 aliphatic carbocycles. The quantitative estimate of drug-likeness (QED) is 0.100. The number of aliphatic hydroxyl groups is 2. The number of nitrogens with one attached hydrogen (secondary N) is 2. The number of rotatable bonds is 11. The monoisotopic (exact) mass is 376 g/mol. The Labute approximate surface area is 150 Å². The summed E-state index contributed by atoms with van der Waals surface area (Å²) < 4.78 is 0. The first-order valence-corrected chi connectivity index (χ1v) is 7.98. The highest BCUT2D eigenvalue weighted by molar-refractivity contribution is 5.92. The standard InChI is InChI=1S/C14H28N6O6/c1-6(21)9(15)12(24)19-8(4-3-5-18-14(16)17)11(23)20-10(7(2)22)13(25)26/h6-10,21-22H,3-5,15H2,1-2H3,(H,19,24)(H,20,23)(H,25,26)(H4,16,17,18). The Balaban J connectivity index is 5.10. The number of carbonyl (C=O) groups is 3. The molecule has 0 bridgehead atoms. The Morgan fingerprint density at radius 3 is 2.04 bits per heavy atom. The van der Waals surface area contributed by atoms with Crippen LogP contribution in [0.4, 0.5) is 0 Å². The lowest BCUT2D eigenvalue weighted by Gasteiger charge is -2.24. The van der Waals surface area contributed by atoms with E-state index in [9.17, 15) is 24.6 Å². The maximum atomic E-state index is 12.3. The van der Waals surface area contributed by atoms with Gasteiger partial charge in [-0.15, -0.1) is 0 Å². The Bertz CT molecular complexity index is 520. The summed E-state index contributed by atoms with van der Waals surface area (Å²) in [6, 6.07) is -3.97. The van der Waals surface area contributed by atoms with Gasteiger partial charge in [0.25, 0.3) is 0 Å². The lowest BCUT2D eigenvalue weighted by molar-refractivity contribution is -0.145. The third-order valence-electron chi connectivity index (χ3n) is 3.45. The molecule has 0 radical (unpaired) electrons. The summed E-state index contributed by atoms with van der Waals surface area (Å²) >= 11 is 0. The second-order valence-electron chi connectivity index (χ2n) is 5.84. The smallest absolute Gasteiger partial charge is 0.328 e. The van der Waals surface area contributed by atoms with Crippen molar-refractivity contribution in [3.8, 4) is 0 Å². The van der Waals surface area contributed by atoms with E-state index in [0.29, 0.717) is 6.42 Å². The van der Waals surface area contributed by atoms with Gasteiger partial charge in [-0.2, -0.15) is 0 Å². The fourth-order valence-electron chi connectivity index (χ4n) is 1.90. The molecule has 0 aromatic carbocycles. The molecule has 0 rings (SSSR count). The Hall–Kier alpha value is -2.44. The third kappa shape index (κ3) is 8.60. The van der Waals surface area contributed by atoms with Crippen LogP contribution in [0.2, 0.25) is 0 Å². The van der Waals surface area contributed by atoms with E-state index in [1.807, 2.05) is 0 Å². The molecule has 26 heavy (non-hydrogen) atoms. The van der Waals surface area contributed by atoms with Crippen molar-refractivity contribution in [2.45, 2.75) is 57.0 Å². The molecule has 0 saturated carbocycles. The first-order valence-electron chi connectivity index (χ1n) is 7.98. The van der Waals surface area contributed by atoms with Crippen LogP contribution >= 0.6 is 0 Å². The van der Waals surface area contributed by atoms with E-state index in [0.717, 1.165) is 0 Å². The number of carboxylic acid groups (broad SMARTS) is 1. The summed E-state index contributed by atoms with van der Waals surface area (Å²) in [5.41, 5.74) is 15.9. The number of aliphatic carboxylic acids is 1. The van der Waals surface area contributed by atoms with Crippen LogP contribution in [0.25, 0.3) is 0 Å². The van der Waals surface area contributed by atoms with Gasteiger partial charge in [-0.05, 0) is 26.7 Å². The van der Waals surface area contributed by atoms with Crippen molar-refractivity contribution in [2.24, 2.45) is 22.2 Å². The van der Waals surface area contributed by atoms with Crippen LogP contribution in [0, 0.1) is 0 Å². The second kappa shape index (κ2) is 11.2. The molecule has 0 fully saturated rings. The van der Waals surface area contributed by atoms with Gasteiger partial charge < -0.3 is 43.2 Å². The molecule has 150 valence electrons. The highest BCUT2D eigenvalue weighted by Crippen LogP contribution is 2.03. The normalized spacial score (nSPS) is 16.5. The van der Waals surface area contributed by atoms with E-state index in [1.165, 1.54) is 13.8 Å². The number of aliphatic hydroxyl groups excluding tert-OH is 2. The van der Waals surface area contributed by atoms with Crippen LogP contribution in [-0.4, -0.2) is 75.9 Å². The molecule has 0 aromatic heterocycles. The van der Waals surface area contributed by atoms with Crippen LogP contribution in [-0.2, 0) is 14.4 Å². The van der Waals surface area contributed by atoms with Crippen molar-refractivity contribution in [2.75, 3.05) is 6.54 Å². The summed E-state index contributed by atoms with van der Waals surface area (Å²) in [6.45, 7) is 2.70. The molecule has 0 aromatic rings. The van der Waals surface area contributed by atoms with Gasteiger partial charge in [-0.1, -0.05) is 0 Å². The van der Waals surface area contributed by atoms with Crippen LogP contribution in [0.15, 0.2) is 4.99 Å². The van der Waals surface area contributed by atoms with Gasteiger partial charge in [0.05, 0.1) is 12.2 Å². The van der Waals surface area contributed by atoms with Crippen LogP contribution in [0.3, 0.4) is 0 Å². The number of hydrogen-bond donors (Lipinski definition) is 8. The second-order valence-corrected chi connectivity index (χ2v) is 5.84. The summed E-state index contributed by atoms with van der Waals surface area (Å²) in [5, 5.41) is 32.3. The molecule has 0 aliphatic rings. The number of carboxylic acids is 1. The summed E-state index contributed by atoms with van der Waals surface area (Å²) in [6.07, 6.45) is -2.13. The number of carbonyl (C=O) groups excluding carboxylic acids is 2. The molecule has 12 nitrogen and oxygen atoms in total. The zero-order chi connectivity index (χ0) is 20.4. The van der Waals surface area contributed by atoms with Crippen LogP contribution in [0.5, 0.6) is 0 Å². The number of aliphatic imine (C=N–C) groups is 1. The topological polar surface area (TPSA) is 226 Å². The van der Waals surface area contributed by atoms with Crippen LogP contribution < -0.4 is 27.8 Å². The van der Waals surface area contributed by atoms with Gasteiger partial charge in [-0.25, -0.2) is 4.79 Å². The van der Waals surface area contributed by atoms with E-state index in [-0.39, 0.29) is 18.9 Å². The maximum Gasteiger partial charge on any atom is 0.328 e. The Morgan fingerprint density at radius 2 is 1.62 bits per heavy atom. The number of hydrogen-bond acceptors (Lipinski definition) is 7. The molecular formula is C14H28N6O6. The van der Waals surface area contributed by atoms with E-state index >= 15 is 0 Å². The number of guanidine groups is 1. The van der Waals surface area contributed by atoms with Gasteiger partial charge in [0.1, 0.15) is 12.1 Å². The molecule has 0 aliphatic heterocycles. The van der Waals surface area contributed by atoms with Crippen LogP contribution in [0.1, 0.15) is 26.7 Å². The molecular weight excluding hydrogens is 348 g/mol. The van der Waals surface area contributed by atoms with Crippen molar-refractivity contribution >= 4 is 23.7 Å². The highest BCUT2D eigenvalue weighted by atomic mass is 16.4. The first-order chi connectivity index (χ1) is 12.0. The largest absolute Gasteiger partial charge is 0.480 e. The zero-order valence-electron chi connectivity index (χ0n) is 14.8. The molecule has 5 unspecified atom stereocenters. The highest BCUT2D eigenvalue weighted by Gasteiger charge is 2.30. The molecule has 0 spiro atoms. The predicted octanol–water partition coefficient (Wildman–Crippen LogP) is -3.82. The lowest BCUT2D eigenvalue weighted by Crippen LogP contribution is -2.57. The van der Waals surface area contributed by atoms with Crippen molar-refractivity contribution in [1.82, 2.24) is 10.6 Å². The third-order valence-corrected chi connectivity index (χ3v) is 3.45. The molecule has 11 N–H and O–H groups in total. The van der Waals surface area contributed by atoms with Gasteiger partial charge in [0, 0.05) is 6.54 Å². The summed E-state index contributed by atoms with van der Waals surface area (Å²) in [5.74, 6) is -3.18. The Morgan fingerprint density at radius 1 is 1.04 bits per heavy atom. The summed E-state index contributed by atoms with van der Waals surface area (Å²) in [7, 11) is 0. The zero-order valence-corrected chi connectivity index (χ0v) is 14.8. The lowest BCUT2D eigenvalue weighted by atomic mass is 10.1. The fourth-order valence-corrected chi connectivity index (χ4v) is 1.90. The Kier molecular flexibility index (Phi) is 10.2. The molecule has 2 amide bonds. The van der Waals surface area contributed by atoms with Crippen molar-refractivity contribution in [3.63, 3.8) is 0 Å². The minimum absolute atomic E-state index is 0.0764. The fraction of sp³-hybridized carbons (Fsp3) is 0.714. The summed E-state index contributed by atoms with van der Waals surface area (Å²) in [4.78, 5) is 39.2. The average Bonchev–Trinajstić information content (AvgIpc) is 2.52. The predicted molar refractivity (Wildman–Crippen MR) is 92.7 cm³/mol. The van der Waals surface area contributed by atoms with E-state index < -0.39 is 48.1 Å². The van der Waals surface area contributed by atoms with Crippen molar-refractivity contribution in [3.05, 3.63) is 0 Å². The average molecular weight is 376 g/mol. The molecule has 12 heteroatoms. The maximum absolute atomic E-state index is 12.3. The van der Waals surface area contributed by atoms with Gasteiger partial charge in [0.15, 0.2) is 12.0 Å². The molecule has 5 atom stereocenters. The van der Waals surface area contributed by atoms with E-state index in [4.69, 9.17) is 22.3 Å². The minimum Gasteiger partial charge on any atom is -0.480 e. The number of amides is 2. The minimum atomic E-state index is -1.55. The molecule has 0 heterocycles. The number of nitrogens with zero attached hydrogens (tertiary/aromatic N) is 1. The van der Waals surface area contributed by atoms with Gasteiger partial charge in [0.2, 0.25) is 11.8 Å². The van der Waals surface area contributed by atoms with E-state index in [1.54, 1.807) is 0 Å². The SMILES string of the molecule is CC(O)C(N)C(=O)NC(CCCN=C(N)N)C(=O)NC(C(=O)O)C(C)O. The number of nitrogens with two attached hydrogens (primary N) is 3. The first kappa shape index (κ1) is 23.6. The van der Waals surface area contributed by atoms with E-state index in [2.05, 4.69) is 15.6 Å².